The number of hydrogen-bond acceptors (Lipinski definition) is 3. The molecule has 0 aliphatic heterocycles. The van der Waals surface area contributed by atoms with Crippen LogP contribution in [-0.2, 0) is 6.54 Å². The van der Waals surface area contributed by atoms with E-state index < -0.39 is 0 Å². The number of aromatic nitrogens is 1. The van der Waals surface area contributed by atoms with Gasteiger partial charge in [0, 0.05) is 18.1 Å². The number of anilines is 1. The van der Waals surface area contributed by atoms with Crippen LogP contribution in [0.25, 0.3) is 0 Å². The van der Waals surface area contributed by atoms with E-state index in [1.807, 2.05) is 49.5 Å². The predicted octanol–water partition coefficient (Wildman–Crippen LogP) is 1.82. The van der Waals surface area contributed by atoms with Crippen molar-refractivity contribution in [1.29, 1.82) is 0 Å². The Hall–Kier alpha value is -2.40. The molecule has 0 aliphatic rings. The van der Waals surface area contributed by atoms with E-state index in [1.54, 1.807) is 6.20 Å². The highest BCUT2D eigenvalue weighted by Crippen LogP contribution is 2.07. The number of aryl methyl sites for hydroxylation is 1. The fourth-order valence-corrected chi connectivity index (χ4v) is 1.61. The fourth-order valence-electron chi connectivity index (χ4n) is 1.61. The van der Waals surface area contributed by atoms with Gasteiger partial charge in [-0.2, -0.15) is 0 Å². The molecular weight excluding hydrogens is 238 g/mol. The minimum Gasteiger partial charge on any atom is -0.325 e. The van der Waals surface area contributed by atoms with Gasteiger partial charge in [-0.05, 0) is 36.2 Å². The van der Waals surface area contributed by atoms with E-state index in [4.69, 9.17) is 5.84 Å². The molecule has 0 atom stereocenters. The minimum atomic E-state index is 0.523. The van der Waals surface area contributed by atoms with Crippen LogP contribution in [0.4, 0.5) is 5.69 Å². The number of nitrogens with zero attached hydrogens (tertiary/aromatic N) is 2. The molecule has 5 nitrogen and oxygen atoms in total. The van der Waals surface area contributed by atoms with Crippen LogP contribution in [0.15, 0.2) is 53.8 Å². The number of benzene rings is 1. The van der Waals surface area contributed by atoms with Crippen molar-refractivity contribution in [3.05, 3.63) is 59.9 Å². The summed E-state index contributed by atoms with van der Waals surface area (Å²) in [6, 6.07) is 11.7. The maximum atomic E-state index is 5.46. The summed E-state index contributed by atoms with van der Waals surface area (Å²) in [6.07, 6.45) is 3.59. The predicted molar refractivity (Wildman–Crippen MR) is 77.5 cm³/mol. The number of hydrazine groups is 1. The molecule has 0 fully saturated rings. The molecule has 1 heterocycles. The number of nitrogens with one attached hydrogen (secondary N) is 2. The number of aliphatic imine (C=N–C) groups is 1. The lowest BCUT2D eigenvalue weighted by atomic mass is 10.2. The summed E-state index contributed by atoms with van der Waals surface area (Å²) in [5.74, 6) is 5.99. The maximum Gasteiger partial charge on any atom is 0.210 e. The molecule has 2 rings (SSSR count). The van der Waals surface area contributed by atoms with Crippen LogP contribution >= 0.6 is 0 Å². The summed E-state index contributed by atoms with van der Waals surface area (Å²) in [4.78, 5) is 8.49. The number of guanidine groups is 1. The van der Waals surface area contributed by atoms with E-state index >= 15 is 0 Å². The quantitative estimate of drug-likeness (QED) is 0.338. The average Bonchev–Trinajstić information content (AvgIpc) is 2.46. The Bertz CT molecular complexity index is 551. The van der Waals surface area contributed by atoms with Crippen molar-refractivity contribution in [2.45, 2.75) is 13.5 Å². The molecular formula is C14H17N5. The van der Waals surface area contributed by atoms with Gasteiger partial charge in [0.1, 0.15) is 0 Å². The molecule has 0 saturated heterocycles. The molecule has 0 unspecified atom stereocenters. The first-order chi connectivity index (χ1) is 9.29. The zero-order valence-electron chi connectivity index (χ0n) is 10.8. The van der Waals surface area contributed by atoms with E-state index in [-0.39, 0.29) is 0 Å². The van der Waals surface area contributed by atoms with Crippen LogP contribution < -0.4 is 16.6 Å². The normalized spacial score (nSPS) is 11.2. The summed E-state index contributed by atoms with van der Waals surface area (Å²) in [5.41, 5.74) is 5.73. The molecule has 1 aromatic carbocycles. The van der Waals surface area contributed by atoms with Crippen LogP contribution in [0, 0.1) is 6.92 Å². The molecule has 0 aliphatic carbocycles. The topological polar surface area (TPSA) is 75.3 Å². The van der Waals surface area contributed by atoms with Crippen molar-refractivity contribution in [2.75, 3.05) is 5.32 Å². The SMILES string of the molecule is Cc1ccncc1CN=C(NN)Nc1ccccc1. The third kappa shape index (κ3) is 3.79. The van der Waals surface area contributed by atoms with Gasteiger partial charge in [-0.1, -0.05) is 18.2 Å². The van der Waals surface area contributed by atoms with Crippen LogP contribution in [-0.4, -0.2) is 10.9 Å². The standard InChI is InChI=1S/C14H17N5/c1-11-7-8-16-9-12(11)10-17-14(19-15)18-13-5-3-2-4-6-13/h2-9H,10,15H2,1H3,(H2,17,18,19). The first-order valence-corrected chi connectivity index (χ1v) is 6.02. The molecule has 0 saturated carbocycles. The zero-order valence-corrected chi connectivity index (χ0v) is 10.8. The molecule has 98 valence electrons. The Kier molecular flexibility index (Phi) is 4.47. The lowest BCUT2D eigenvalue weighted by Crippen LogP contribution is -2.36. The number of pyridine rings is 1. The highest BCUT2D eigenvalue weighted by atomic mass is 15.3. The van der Waals surface area contributed by atoms with Crippen molar-refractivity contribution in [3.63, 3.8) is 0 Å². The van der Waals surface area contributed by atoms with Crippen LogP contribution in [0.1, 0.15) is 11.1 Å². The van der Waals surface area contributed by atoms with Gasteiger partial charge in [0.05, 0.1) is 6.54 Å². The van der Waals surface area contributed by atoms with E-state index in [1.165, 1.54) is 0 Å². The lowest BCUT2D eigenvalue weighted by molar-refractivity contribution is 0.956. The van der Waals surface area contributed by atoms with Crippen molar-refractivity contribution in [3.8, 4) is 0 Å². The second kappa shape index (κ2) is 6.51. The van der Waals surface area contributed by atoms with Crippen molar-refractivity contribution in [2.24, 2.45) is 10.8 Å². The molecule has 19 heavy (non-hydrogen) atoms. The van der Waals surface area contributed by atoms with Crippen molar-refractivity contribution >= 4 is 11.6 Å². The molecule has 4 N–H and O–H groups in total. The zero-order chi connectivity index (χ0) is 13.5. The molecule has 0 spiro atoms. The van der Waals surface area contributed by atoms with Gasteiger partial charge in [0.15, 0.2) is 0 Å². The highest BCUT2D eigenvalue weighted by molar-refractivity contribution is 5.93. The first kappa shape index (κ1) is 13.0. The lowest BCUT2D eigenvalue weighted by Gasteiger charge is -2.09. The molecule has 5 heteroatoms. The van der Waals surface area contributed by atoms with Gasteiger partial charge in [-0.3, -0.25) is 10.4 Å². The van der Waals surface area contributed by atoms with Gasteiger partial charge in [-0.15, -0.1) is 0 Å². The smallest absolute Gasteiger partial charge is 0.210 e. The maximum absolute atomic E-state index is 5.46. The summed E-state index contributed by atoms with van der Waals surface area (Å²) >= 11 is 0. The summed E-state index contributed by atoms with van der Waals surface area (Å²) in [7, 11) is 0. The van der Waals surface area contributed by atoms with Crippen molar-refractivity contribution < 1.29 is 0 Å². The van der Waals surface area contributed by atoms with E-state index in [2.05, 4.69) is 20.7 Å². The second-order valence-electron chi connectivity index (χ2n) is 4.10. The van der Waals surface area contributed by atoms with E-state index in [0.29, 0.717) is 12.5 Å². The number of hydrogen-bond donors (Lipinski definition) is 3. The third-order valence-electron chi connectivity index (χ3n) is 2.73. The summed E-state index contributed by atoms with van der Waals surface area (Å²) in [6.45, 7) is 2.56. The van der Waals surface area contributed by atoms with Gasteiger partial charge in [0.2, 0.25) is 5.96 Å². The second-order valence-corrected chi connectivity index (χ2v) is 4.10. The van der Waals surface area contributed by atoms with Crippen LogP contribution in [0.5, 0.6) is 0 Å². The average molecular weight is 255 g/mol. The Morgan fingerprint density at radius 2 is 2.05 bits per heavy atom. The Morgan fingerprint density at radius 3 is 2.74 bits per heavy atom. The van der Waals surface area contributed by atoms with Crippen LogP contribution in [0.2, 0.25) is 0 Å². The Balaban J connectivity index is 2.06. The Morgan fingerprint density at radius 1 is 1.26 bits per heavy atom. The summed E-state index contributed by atoms with van der Waals surface area (Å²) in [5, 5.41) is 3.11. The van der Waals surface area contributed by atoms with E-state index in [0.717, 1.165) is 16.8 Å². The molecule has 0 amide bonds. The fraction of sp³-hybridized carbons (Fsp3) is 0.143. The largest absolute Gasteiger partial charge is 0.325 e. The molecule has 1 aromatic heterocycles. The summed E-state index contributed by atoms with van der Waals surface area (Å²) < 4.78 is 0. The Labute approximate surface area is 112 Å². The highest BCUT2D eigenvalue weighted by Gasteiger charge is 1.99. The minimum absolute atomic E-state index is 0.523. The molecule has 0 radical (unpaired) electrons. The third-order valence-corrected chi connectivity index (χ3v) is 2.73. The monoisotopic (exact) mass is 255 g/mol. The number of rotatable bonds is 3. The van der Waals surface area contributed by atoms with Crippen LogP contribution in [0.3, 0.4) is 0 Å². The molecule has 0 bridgehead atoms. The number of nitrogens with two attached hydrogens (primary N) is 1. The van der Waals surface area contributed by atoms with Crippen molar-refractivity contribution in [1.82, 2.24) is 10.4 Å². The number of para-hydroxylation sites is 1. The molecule has 2 aromatic rings. The van der Waals surface area contributed by atoms with Gasteiger partial charge >= 0.3 is 0 Å². The van der Waals surface area contributed by atoms with Gasteiger partial charge in [-0.25, -0.2) is 10.8 Å². The van der Waals surface area contributed by atoms with Gasteiger partial charge < -0.3 is 5.32 Å². The van der Waals surface area contributed by atoms with E-state index in [9.17, 15) is 0 Å². The van der Waals surface area contributed by atoms with Gasteiger partial charge in [0.25, 0.3) is 0 Å². The first-order valence-electron chi connectivity index (χ1n) is 6.02.